The number of hydrogen-bond acceptors (Lipinski definition) is 3. The molecule has 2 aliphatic rings. The number of allylic oxidation sites excluding steroid dienone is 4. The molecule has 1 unspecified atom stereocenters. The third-order valence-corrected chi connectivity index (χ3v) is 4.16. The first-order valence-corrected chi connectivity index (χ1v) is 8.07. The van der Waals surface area contributed by atoms with Gasteiger partial charge in [-0.05, 0) is 18.1 Å². The maximum absolute atomic E-state index is 13.2. The van der Waals surface area contributed by atoms with Crippen LogP contribution in [0.4, 0.5) is 26.3 Å². The van der Waals surface area contributed by atoms with Gasteiger partial charge in [-0.3, -0.25) is 0 Å². The molecule has 0 amide bonds. The third kappa shape index (κ3) is 4.47. The van der Waals surface area contributed by atoms with Gasteiger partial charge >= 0.3 is 12.4 Å². The second-order valence-electron chi connectivity index (χ2n) is 6.35. The second kappa shape index (κ2) is 6.95. The molecule has 2 atom stereocenters. The van der Waals surface area contributed by atoms with Crippen LogP contribution in [0.15, 0.2) is 63.7 Å². The molecule has 1 heterocycles. The van der Waals surface area contributed by atoms with E-state index in [0.29, 0.717) is 12.5 Å². The number of nitrogens with zero attached hydrogens (tertiary/aromatic N) is 2. The summed E-state index contributed by atoms with van der Waals surface area (Å²) in [7, 11) is 0. The molecule has 9 heteroatoms. The molecule has 27 heavy (non-hydrogen) atoms. The Labute approximate surface area is 151 Å². The van der Waals surface area contributed by atoms with Gasteiger partial charge < -0.3 is 5.73 Å². The highest BCUT2D eigenvalue weighted by atomic mass is 19.4. The lowest BCUT2D eigenvalue weighted by Crippen LogP contribution is -2.33. The smallest absolute Gasteiger partial charge is 0.327 e. The lowest BCUT2D eigenvalue weighted by molar-refractivity contribution is -0.145. The number of alkyl halides is 6. The normalized spacial score (nSPS) is 21.1. The molecule has 1 aliphatic carbocycles. The Morgan fingerprint density at radius 1 is 0.963 bits per heavy atom. The fraction of sp³-hybridized carbons (Fsp3) is 0.333. The molecule has 3 rings (SSSR count). The number of benzene rings is 1. The first kappa shape index (κ1) is 19.3. The number of fused-ring (bicyclic) bond motifs is 1. The highest BCUT2D eigenvalue weighted by molar-refractivity contribution is 6.16. The van der Waals surface area contributed by atoms with Crippen LogP contribution in [0.5, 0.6) is 0 Å². The zero-order valence-corrected chi connectivity index (χ0v) is 13.8. The van der Waals surface area contributed by atoms with E-state index in [1.165, 1.54) is 0 Å². The maximum Gasteiger partial charge on any atom is 0.416 e. The van der Waals surface area contributed by atoms with Gasteiger partial charge in [-0.1, -0.05) is 36.4 Å². The fourth-order valence-corrected chi connectivity index (χ4v) is 2.95. The van der Waals surface area contributed by atoms with E-state index in [1.807, 2.05) is 30.3 Å². The van der Waals surface area contributed by atoms with E-state index in [4.69, 9.17) is 5.73 Å². The summed E-state index contributed by atoms with van der Waals surface area (Å²) in [6.07, 6.45) is -8.56. The topological polar surface area (TPSA) is 50.7 Å². The summed E-state index contributed by atoms with van der Waals surface area (Å²) in [6.45, 7) is 0. The number of hydrogen-bond donors (Lipinski definition) is 1. The van der Waals surface area contributed by atoms with E-state index in [-0.39, 0.29) is 18.3 Å². The summed E-state index contributed by atoms with van der Waals surface area (Å²) in [5.41, 5.74) is 4.64. The van der Waals surface area contributed by atoms with Crippen molar-refractivity contribution in [2.24, 2.45) is 21.6 Å². The van der Waals surface area contributed by atoms with Gasteiger partial charge in [-0.15, -0.1) is 0 Å². The lowest BCUT2D eigenvalue weighted by Gasteiger charge is -2.23. The first-order chi connectivity index (χ1) is 12.5. The van der Waals surface area contributed by atoms with Crippen molar-refractivity contribution >= 4 is 11.5 Å². The van der Waals surface area contributed by atoms with Crippen molar-refractivity contribution < 1.29 is 26.3 Å². The fourth-order valence-electron chi connectivity index (χ4n) is 2.95. The Hall–Kier alpha value is -2.42. The van der Waals surface area contributed by atoms with Gasteiger partial charge in [0, 0.05) is 12.5 Å². The molecule has 0 aromatic heterocycles. The standard InChI is InChI=1S/C18H15F6N3/c19-17(20,21)11-7-13(18(22,23)24)16-14(8-11)26-15(27-16)9-12(25)6-10-4-2-1-3-5-10/h1-5,7-8,12-13H,6,9,25H2/t12-,13?/m0/s1. The highest BCUT2D eigenvalue weighted by Crippen LogP contribution is 2.41. The molecular weight excluding hydrogens is 372 g/mol. The Morgan fingerprint density at radius 2 is 1.63 bits per heavy atom. The molecule has 0 saturated heterocycles. The van der Waals surface area contributed by atoms with Crippen LogP contribution in [0.1, 0.15) is 12.0 Å². The van der Waals surface area contributed by atoms with Crippen molar-refractivity contribution in [3.63, 3.8) is 0 Å². The van der Waals surface area contributed by atoms with Crippen molar-refractivity contribution in [2.75, 3.05) is 0 Å². The van der Waals surface area contributed by atoms with E-state index < -0.39 is 41.3 Å². The van der Waals surface area contributed by atoms with Crippen LogP contribution in [0.25, 0.3) is 0 Å². The molecule has 1 aromatic carbocycles. The maximum atomic E-state index is 13.2. The minimum atomic E-state index is -4.90. The van der Waals surface area contributed by atoms with Gasteiger partial charge in [0.2, 0.25) is 0 Å². The Balaban J connectivity index is 1.82. The van der Waals surface area contributed by atoms with Crippen molar-refractivity contribution in [2.45, 2.75) is 31.2 Å². The summed E-state index contributed by atoms with van der Waals surface area (Å²) in [5, 5.41) is 0. The third-order valence-electron chi connectivity index (χ3n) is 4.16. The number of halogens is 6. The molecule has 2 N–H and O–H groups in total. The van der Waals surface area contributed by atoms with Crippen LogP contribution < -0.4 is 5.73 Å². The lowest BCUT2D eigenvalue weighted by atomic mass is 9.91. The SMILES string of the molecule is N[C@H](CC1=NC2=CC(C(F)(F)F)=CC(C(F)(F)F)C2=N1)Cc1ccccc1. The van der Waals surface area contributed by atoms with Gasteiger partial charge in [0.1, 0.15) is 11.8 Å². The minimum Gasteiger partial charge on any atom is -0.327 e. The largest absolute Gasteiger partial charge is 0.416 e. The summed E-state index contributed by atoms with van der Waals surface area (Å²) < 4.78 is 78.4. The quantitative estimate of drug-likeness (QED) is 0.767. The second-order valence-corrected chi connectivity index (χ2v) is 6.35. The van der Waals surface area contributed by atoms with Gasteiger partial charge in [0.05, 0.1) is 17.0 Å². The van der Waals surface area contributed by atoms with Crippen LogP contribution >= 0.6 is 0 Å². The summed E-state index contributed by atoms with van der Waals surface area (Å²) in [4.78, 5) is 7.71. The Kier molecular flexibility index (Phi) is 4.98. The number of aliphatic imine (C=N–C) groups is 2. The van der Waals surface area contributed by atoms with Crippen molar-refractivity contribution in [1.82, 2.24) is 0 Å². The molecule has 1 aromatic rings. The van der Waals surface area contributed by atoms with Gasteiger partial charge in [-0.25, -0.2) is 9.98 Å². The van der Waals surface area contributed by atoms with Crippen molar-refractivity contribution in [3.05, 3.63) is 59.3 Å². The van der Waals surface area contributed by atoms with E-state index in [1.54, 1.807) is 0 Å². The van der Waals surface area contributed by atoms with E-state index in [2.05, 4.69) is 9.98 Å². The number of amidine groups is 1. The Morgan fingerprint density at radius 3 is 2.22 bits per heavy atom. The molecule has 0 spiro atoms. The molecule has 1 aliphatic heterocycles. The highest BCUT2D eigenvalue weighted by Gasteiger charge is 2.48. The van der Waals surface area contributed by atoms with Crippen LogP contribution in [0.2, 0.25) is 0 Å². The minimum absolute atomic E-state index is 0.00533. The average Bonchev–Trinajstić information content (AvgIpc) is 2.94. The molecular formula is C18H15F6N3. The van der Waals surface area contributed by atoms with E-state index in [0.717, 1.165) is 5.56 Å². The Bertz CT molecular complexity index is 831. The number of rotatable bonds is 4. The zero-order chi connectivity index (χ0) is 19.8. The van der Waals surface area contributed by atoms with Crippen LogP contribution in [0.3, 0.4) is 0 Å². The number of nitrogens with two attached hydrogens (primary N) is 1. The van der Waals surface area contributed by atoms with Gasteiger partial charge in [0.25, 0.3) is 0 Å². The molecule has 0 bridgehead atoms. The van der Waals surface area contributed by atoms with Crippen molar-refractivity contribution in [1.29, 1.82) is 0 Å². The predicted molar refractivity (Wildman–Crippen MR) is 89.4 cm³/mol. The van der Waals surface area contributed by atoms with Gasteiger partial charge in [0.15, 0.2) is 0 Å². The van der Waals surface area contributed by atoms with E-state index >= 15 is 0 Å². The molecule has 0 fully saturated rings. The summed E-state index contributed by atoms with van der Waals surface area (Å²) in [5.74, 6) is -2.44. The van der Waals surface area contributed by atoms with Crippen LogP contribution in [-0.4, -0.2) is 29.9 Å². The summed E-state index contributed by atoms with van der Waals surface area (Å²) in [6, 6.07) is 8.71. The predicted octanol–water partition coefficient (Wildman–Crippen LogP) is 4.36. The zero-order valence-electron chi connectivity index (χ0n) is 13.8. The van der Waals surface area contributed by atoms with Crippen LogP contribution in [0, 0.1) is 5.92 Å². The molecule has 3 nitrogen and oxygen atoms in total. The first-order valence-electron chi connectivity index (χ1n) is 8.07. The van der Waals surface area contributed by atoms with E-state index in [9.17, 15) is 26.3 Å². The molecule has 144 valence electrons. The van der Waals surface area contributed by atoms with Gasteiger partial charge in [-0.2, -0.15) is 26.3 Å². The average molecular weight is 387 g/mol. The molecule has 0 radical (unpaired) electrons. The van der Waals surface area contributed by atoms with Crippen molar-refractivity contribution in [3.8, 4) is 0 Å². The summed E-state index contributed by atoms with van der Waals surface area (Å²) >= 11 is 0. The van der Waals surface area contributed by atoms with Crippen LogP contribution in [-0.2, 0) is 6.42 Å². The molecule has 0 saturated carbocycles. The monoisotopic (exact) mass is 387 g/mol.